The molecular formula is C14H24N2O2. The first-order valence-electron chi connectivity index (χ1n) is 6.40. The highest BCUT2D eigenvalue weighted by Crippen LogP contribution is 2.11. The molecule has 0 saturated carbocycles. The summed E-state index contributed by atoms with van der Waals surface area (Å²) >= 11 is 0. The average molecular weight is 252 g/mol. The first-order valence-corrected chi connectivity index (χ1v) is 6.40. The van der Waals surface area contributed by atoms with E-state index in [9.17, 15) is 0 Å². The minimum atomic E-state index is 0.770. The van der Waals surface area contributed by atoms with Crippen molar-refractivity contribution >= 4 is 0 Å². The van der Waals surface area contributed by atoms with Crippen molar-refractivity contribution in [1.29, 1.82) is 0 Å². The molecule has 18 heavy (non-hydrogen) atoms. The molecule has 0 aromatic heterocycles. The molecule has 4 nitrogen and oxygen atoms in total. The van der Waals surface area contributed by atoms with Crippen LogP contribution in [0.15, 0.2) is 24.3 Å². The number of rotatable bonds is 10. The van der Waals surface area contributed by atoms with Crippen molar-refractivity contribution < 1.29 is 9.47 Å². The van der Waals surface area contributed by atoms with Crippen molar-refractivity contribution in [3.8, 4) is 5.75 Å². The largest absolute Gasteiger partial charge is 0.497 e. The van der Waals surface area contributed by atoms with Crippen LogP contribution in [0.4, 0.5) is 0 Å². The molecule has 0 radical (unpaired) electrons. The van der Waals surface area contributed by atoms with Gasteiger partial charge in [-0.05, 0) is 30.7 Å². The second-order valence-electron chi connectivity index (χ2n) is 4.09. The molecule has 0 aliphatic rings. The van der Waals surface area contributed by atoms with E-state index in [0.717, 1.165) is 45.0 Å². The molecule has 0 atom stereocenters. The van der Waals surface area contributed by atoms with Crippen LogP contribution in [0.25, 0.3) is 0 Å². The van der Waals surface area contributed by atoms with Crippen molar-refractivity contribution in [2.75, 3.05) is 47.0 Å². The van der Waals surface area contributed by atoms with E-state index in [1.165, 1.54) is 5.56 Å². The molecule has 0 aliphatic heterocycles. The quantitative estimate of drug-likeness (QED) is 0.611. The number of benzene rings is 1. The molecule has 1 aromatic carbocycles. The van der Waals surface area contributed by atoms with Crippen LogP contribution in [0.1, 0.15) is 5.56 Å². The van der Waals surface area contributed by atoms with Crippen LogP contribution in [0.3, 0.4) is 0 Å². The summed E-state index contributed by atoms with van der Waals surface area (Å²) in [5.41, 5.74) is 1.33. The maximum absolute atomic E-state index is 5.12. The summed E-state index contributed by atoms with van der Waals surface area (Å²) in [6.07, 6.45) is 1.04. The van der Waals surface area contributed by atoms with Gasteiger partial charge < -0.3 is 20.1 Å². The van der Waals surface area contributed by atoms with Gasteiger partial charge >= 0.3 is 0 Å². The summed E-state index contributed by atoms with van der Waals surface area (Å²) in [6.45, 7) is 4.65. The summed E-state index contributed by atoms with van der Waals surface area (Å²) in [6, 6.07) is 8.22. The fraction of sp³-hybridized carbons (Fsp3) is 0.571. The molecule has 0 saturated heterocycles. The lowest BCUT2D eigenvalue weighted by atomic mass is 10.1. The maximum atomic E-state index is 5.12. The zero-order valence-electron chi connectivity index (χ0n) is 11.4. The maximum Gasteiger partial charge on any atom is 0.118 e. The standard InChI is InChI=1S/C14H24N2O2/c1-17-12-11-16-10-9-15-8-7-13-3-5-14(18-2)6-4-13/h3-6,15-16H,7-12H2,1-2H3. The van der Waals surface area contributed by atoms with Crippen molar-refractivity contribution in [2.24, 2.45) is 0 Å². The smallest absolute Gasteiger partial charge is 0.118 e. The van der Waals surface area contributed by atoms with Gasteiger partial charge in [0.2, 0.25) is 0 Å². The van der Waals surface area contributed by atoms with E-state index >= 15 is 0 Å². The van der Waals surface area contributed by atoms with E-state index in [0.29, 0.717) is 0 Å². The number of hydrogen-bond donors (Lipinski definition) is 2. The van der Waals surface area contributed by atoms with Crippen LogP contribution in [0.5, 0.6) is 5.75 Å². The Morgan fingerprint density at radius 1 is 0.889 bits per heavy atom. The van der Waals surface area contributed by atoms with E-state index in [4.69, 9.17) is 9.47 Å². The van der Waals surface area contributed by atoms with Gasteiger partial charge in [-0.2, -0.15) is 0 Å². The predicted molar refractivity (Wildman–Crippen MR) is 74.3 cm³/mol. The Morgan fingerprint density at radius 2 is 1.56 bits per heavy atom. The van der Waals surface area contributed by atoms with Crippen molar-refractivity contribution in [3.05, 3.63) is 29.8 Å². The Labute approximate surface area is 110 Å². The summed E-state index contributed by atoms with van der Waals surface area (Å²) in [5, 5.41) is 6.70. The Bertz CT molecular complexity index is 301. The van der Waals surface area contributed by atoms with Crippen molar-refractivity contribution in [2.45, 2.75) is 6.42 Å². The number of methoxy groups -OCH3 is 2. The monoisotopic (exact) mass is 252 g/mol. The van der Waals surface area contributed by atoms with E-state index in [2.05, 4.69) is 22.8 Å². The van der Waals surface area contributed by atoms with Gasteiger partial charge in [0.1, 0.15) is 5.75 Å². The summed E-state index contributed by atoms with van der Waals surface area (Å²) in [5.74, 6) is 0.911. The Morgan fingerprint density at radius 3 is 2.17 bits per heavy atom. The van der Waals surface area contributed by atoms with Gasteiger partial charge in [0, 0.05) is 26.7 Å². The number of ether oxygens (including phenoxy) is 2. The Kier molecular flexibility index (Phi) is 8.21. The Hall–Kier alpha value is -1.10. The molecule has 0 unspecified atom stereocenters. The molecule has 0 spiro atoms. The topological polar surface area (TPSA) is 42.5 Å². The van der Waals surface area contributed by atoms with E-state index < -0.39 is 0 Å². The van der Waals surface area contributed by atoms with E-state index in [-0.39, 0.29) is 0 Å². The third kappa shape index (κ3) is 6.59. The van der Waals surface area contributed by atoms with Gasteiger partial charge in [-0.3, -0.25) is 0 Å². The first-order chi connectivity index (χ1) is 8.86. The summed E-state index contributed by atoms with van der Waals surface area (Å²) in [7, 11) is 3.40. The molecule has 102 valence electrons. The highest BCUT2D eigenvalue weighted by Gasteiger charge is 1.94. The fourth-order valence-electron chi connectivity index (χ4n) is 1.63. The Balaban J connectivity index is 2.00. The van der Waals surface area contributed by atoms with E-state index in [1.807, 2.05) is 12.1 Å². The lowest BCUT2D eigenvalue weighted by Crippen LogP contribution is -2.30. The van der Waals surface area contributed by atoms with Crippen LogP contribution in [0, 0.1) is 0 Å². The third-order valence-corrected chi connectivity index (χ3v) is 2.71. The molecule has 0 bridgehead atoms. The molecule has 4 heteroatoms. The second-order valence-corrected chi connectivity index (χ2v) is 4.09. The summed E-state index contributed by atoms with van der Waals surface area (Å²) < 4.78 is 10.1. The predicted octanol–water partition coefficient (Wildman–Crippen LogP) is 1.06. The van der Waals surface area contributed by atoms with E-state index in [1.54, 1.807) is 14.2 Å². The minimum absolute atomic E-state index is 0.770. The molecule has 0 fully saturated rings. The van der Waals surface area contributed by atoms with Gasteiger partial charge in [-0.25, -0.2) is 0 Å². The molecule has 2 N–H and O–H groups in total. The van der Waals surface area contributed by atoms with Crippen LogP contribution < -0.4 is 15.4 Å². The molecular weight excluding hydrogens is 228 g/mol. The normalized spacial score (nSPS) is 10.6. The number of hydrogen-bond acceptors (Lipinski definition) is 4. The lowest BCUT2D eigenvalue weighted by Gasteiger charge is -2.07. The molecule has 1 aromatic rings. The molecule has 0 aliphatic carbocycles. The zero-order chi connectivity index (χ0) is 13.1. The highest BCUT2D eigenvalue weighted by molar-refractivity contribution is 5.27. The fourth-order valence-corrected chi connectivity index (χ4v) is 1.63. The average Bonchev–Trinajstić information content (AvgIpc) is 2.42. The van der Waals surface area contributed by atoms with Crippen LogP contribution in [0.2, 0.25) is 0 Å². The van der Waals surface area contributed by atoms with Crippen LogP contribution in [-0.2, 0) is 11.2 Å². The van der Waals surface area contributed by atoms with Gasteiger partial charge in [0.05, 0.1) is 13.7 Å². The molecule has 0 amide bonds. The van der Waals surface area contributed by atoms with Gasteiger partial charge in [-0.1, -0.05) is 12.1 Å². The molecule has 0 heterocycles. The van der Waals surface area contributed by atoms with Gasteiger partial charge in [0.15, 0.2) is 0 Å². The minimum Gasteiger partial charge on any atom is -0.497 e. The zero-order valence-corrected chi connectivity index (χ0v) is 11.4. The lowest BCUT2D eigenvalue weighted by molar-refractivity contribution is 0.199. The molecule has 1 rings (SSSR count). The SMILES string of the molecule is COCCNCCNCCc1ccc(OC)cc1. The van der Waals surface area contributed by atoms with Gasteiger partial charge in [-0.15, -0.1) is 0 Å². The highest BCUT2D eigenvalue weighted by atomic mass is 16.5. The van der Waals surface area contributed by atoms with Crippen molar-refractivity contribution in [1.82, 2.24) is 10.6 Å². The first kappa shape index (κ1) is 15.0. The van der Waals surface area contributed by atoms with Gasteiger partial charge in [0.25, 0.3) is 0 Å². The third-order valence-electron chi connectivity index (χ3n) is 2.71. The van der Waals surface area contributed by atoms with Crippen LogP contribution in [-0.4, -0.2) is 47.0 Å². The number of nitrogens with one attached hydrogen (secondary N) is 2. The van der Waals surface area contributed by atoms with Crippen LogP contribution >= 0.6 is 0 Å². The summed E-state index contributed by atoms with van der Waals surface area (Å²) in [4.78, 5) is 0. The second kappa shape index (κ2) is 9.88. The van der Waals surface area contributed by atoms with Crippen molar-refractivity contribution in [3.63, 3.8) is 0 Å².